The van der Waals surface area contributed by atoms with E-state index in [0.29, 0.717) is 16.8 Å². The van der Waals surface area contributed by atoms with E-state index in [1.807, 2.05) is 20.8 Å². The van der Waals surface area contributed by atoms with Gasteiger partial charge in [-0.3, -0.25) is 0 Å². The van der Waals surface area contributed by atoms with Crippen molar-refractivity contribution in [3.63, 3.8) is 0 Å². The van der Waals surface area contributed by atoms with Gasteiger partial charge in [-0.05, 0) is 24.0 Å². The van der Waals surface area contributed by atoms with Crippen LogP contribution in [0.5, 0.6) is 0 Å². The molecule has 0 bridgehead atoms. The maximum Gasteiger partial charge on any atom is 0.243 e. The number of hydrogen-bond donors (Lipinski definition) is 1. The molecule has 1 N–H and O–H groups in total. The lowest BCUT2D eigenvalue weighted by atomic mass is 9.86. The van der Waals surface area contributed by atoms with Gasteiger partial charge in [0.05, 0.1) is 10.0 Å². The highest BCUT2D eigenvalue weighted by molar-refractivity contribution is 9.10. The second-order valence-corrected chi connectivity index (χ2v) is 9.47. The smallest absolute Gasteiger partial charge is 0.207 e. The Balaban J connectivity index is 3.23. The first-order chi connectivity index (χ1) is 9.49. The largest absolute Gasteiger partial charge is 0.243 e. The number of halogens is 4. The van der Waals surface area contributed by atoms with Gasteiger partial charge in [-0.2, -0.15) is 0 Å². The lowest BCUT2D eigenvalue weighted by molar-refractivity contribution is 0.292. The van der Waals surface area contributed by atoms with Crippen molar-refractivity contribution in [2.45, 2.75) is 38.1 Å². The molecule has 0 amide bonds. The fourth-order valence-electron chi connectivity index (χ4n) is 1.81. The second-order valence-electron chi connectivity index (χ2n) is 5.72. The zero-order valence-corrected chi connectivity index (χ0v) is 16.6. The lowest BCUT2D eigenvalue weighted by Gasteiger charge is -2.31. The van der Waals surface area contributed by atoms with Crippen LogP contribution in [0.25, 0.3) is 0 Å². The lowest BCUT2D eigenvalue weighted by Crippen LogP contribution is -2.44. The molecule has 1 aromatic carbocycles. The Morgan fingerprint density at radius 2 is 1.71 bits per heavy atom. The molecule has 0 aromatic heterocycles. The number of hydrogen-bond acceptors (Lipinski definition) is 2. The van der Waals surface area contributed by atoms with Crippen LogP contribution in [0.15, 0.2) is 21.5 Å². The van der Waals surface area contributed by atoms with Crippen LogP contribution in [0.1, 0.15) is 27.2 Å². The molecule has 0 spiro atoms. The van der Waals surface area contributed by atoms with Crippen molar-refractivity contribution in [1.29, 1.82) is 0 Å². The molecule has 21 heavy (non-hydrogen) atoms. The summed E-state index contributed by atoms with van der Waals surface area (Å²) in [4.78, 5) is -0.113. The highest BCUT2D eigenvalue weighted by Crippen LogP contribution is 2.34. The number of sulfonamides is 1. The van der Waals surface area contributed by atoms with Gasteiger partial charge in [0.2, 0.25) is 10.0 Å². The average molecular weight is 438 g/mol. The fourth-order valence-corrected chi connectivity index (χ4v) is 5.44. The summed E-state index contributed by atoms with van der Waals surface area (Å²) in [7, 11) is -3.84. The minimum atomic E-state index is -3.84. The summed E-state index contributed by atoms with van der Waals surface area (Å²) in [6, 6.07) is 2.67. The summed E-state index contributed by atoms with van der Waals surface area (Å²) >= 11 is 21.1. The summed E-state index contributed by atoms with van der Waals surface area (Å²) < 4.78 is 28.4. The molecule has 8 heteroatoms. The van der Waals surface area contributed by atoms with E-state index >= 15 is 0 Å². The normalized spacial score (nSPS) is 14.2. The maximum atomic E-state index is 12.6. The van der Waals surface area contributed by atoms with Crippen molar-refractivity contribution in [2.75, 3.05) is 5.88 Å². The zero-order valence-electron chi connectivity index (χ0n) is 11.9. The van der Waals surface area contributed by atoms with Crippen molar-refractivity contribution in [3.8, 4) is 0 Å². The van der Waals surface area contributed by atoms with Gasteiger partial charge in [0.1, 0.15) is 4.90 Å². The van der Waals surface area contributed by atoms with Gasteiger partial charge in [0, 0.05) is 16.4 Å². The van der Waals surface area contributed by atoms with Gasteiger partial charge in [0.15, 0.2) is 0 Å². The predicted molar refractivity (Wildman–Crippen MR) is 93.1 cm³/mol. The zero-order chi connectivity index (χ0) is 16.4. The highest BCUT2D eigenvalue weighted by atomic mass is 79.9. The van der Waals surface area contributed by atoms with Crippen molar-refractivity contribution in [3.05, 3.63) is 26.7 Å². The molecule has 0 aliphatic heterocycles. The van der Waals surface area contributed by atoms with Crippen LogP contribution in [0, 0.1) is 5.41 Å². The molecule has 0 heterocycles. The minimum absolute atomic E-state index is 0.0698. The van der Waals surface area contributed by atoms with Crippen LogP contribution >= 0.6 is 50.7 Å². The van der Waals surface area contributed by atoms with Crippen LogP contribution in [0.3, 0.4) is 0 Å². The molecule has 1 aromatic rings. The van der Waals surface area contributed by atoms with E-state index < -0.39 is 10.0 Å². The second kappa shape index (κ2) is 7.37. The summed E-state index contributed by atoms with van der Waals surface area (Å²) in [6.45, 7) is 5.83. The molecule has 0 aliphatic carbocycles. The monoisotopic (exact) mass is 435 g/mol. The Kier molecular flexibility index (Phi) is 6.85. The molecule has 1 unspecified atom stereocenters. The molecule has 0 saturated heterocycles. The fraction of sp³-hybridized carbons (Fsp3) is 0.538. The molecule has 0 radical (unpaired) electrons. The number of benzene rings is 1. The first kappa shape index (κ1) is 19.5. The number of rotatable bonds is 5. The summed E-state index contributed by atoms with van der Waals surface area (Å²) in [5.41, 5.74) is -0.281. The Morgan fingerprint density at radius 3 is 2.10 bits per heavy atom. The van der Waals surface area contributed by atoms with E-state index in [-0.39, 0.29) is 26.4 Å². The van der Waals surface area contributed by atoms with Gasteiger partial charge in [-0.1, -0.05) is 59.9 Å². The van der Waals surface area contributed by atoms with Crippen LogP contribution in [-0.4, -0.2) is 20.3 Å². The number of nitrogens with one attached hydrogen (secondary N) is 1. The van der Waals surface area contributed by atoms with Crippen molar-refractivity contribution in [1.82, 2.24) is 4.72 Å². The Labute approximate surface area is 149 Å². The third-order valence-corrected chi connectivity index (χ3v) is 6.04. The number of alkyl halides is 1. The van der Waals surface area contributed by atoms with Crippen molar-refractivity contribution in [2.24, 2.45) is 5.41 Å². The molecule has 0 saturated carbocycles. The third kappa shape index (κ3) is 5.26. The highest BCUT2D eigenvalue weighted by Gasteiger charge is 2.31. The summed E-state index contributed by atoms with van der Waals surface area (Å²) in [5, 5.41) is 0.140. The predicted octanol–water partition coefficient (Wildman–Crippen LogP) is 5.08. The Morgan fingerprint density at radius 1 is 1.24 bits per heavy atom. The molecular formula is C13H17BrCl3NO2S. The van der Waals surface area contributed by atoms with Crippen LogP contribution in [0.4, 0.5) is 0 Å². The Hall–Kier alpha value is 0.480. The molecular weight excluding hydrogens is 420 g/mol. The van der Waals surface area contributed by atoms with E-state index in [4.69, 9.17) is 34.8 Å². The minimum Gasteiger partial charge on any atom is -0.207 e. The molecule has 3 nitrogen and oxygen atoms in total. The standard InChI is InChI=1S/C13H17BrCl3NO2S/c1-13(2,3)11(4-5-15)18-21(19,20)12-9(16)6-8(14)7-10(12)17/h6-7,11,18H,4-5H2,1-3H3. The van der Waals surface area contributed by atoms with Gasteiger partial charge in [-0.25, -0.2) is 13.1 Å². The van der Waals surface area contributed by atoms with E-state index in [0.717, 1.165) is 0 Å². The molecule has 120 valence electrons. The maximum absolute atomic E-state index is 12.6. The molecule has 1 rings (SSSR count). The molecule has 1 atom stereocenters. The Bertz CT molecular complexity index is 591. The van der Waals surface area contributed by atoms with E-state index in [9.17, 15) is 8.42 Å². The van der Waals surface area contributed by atoms with Gasteiger partial charge in [0.25, 0.3) is 0 Å². The van der Waals surface area contributed by atoms with Crippen LogP contribution < -0.4 is 4.72 Å². The van der Waals surface area contributed by atoms with E-state index in [1.54, 1.807) is 0 Å². The average Bonchev–Trinajstić information content (AvgIpc) is 2.24. The van der Waals surface area contributed by atoms with Gasteiger partial charge < -0.3 is 0 Å². The van der Waals surface area contributed by atoms with E-state index in [1.165, 1.54) is 12.1 Å². The van der Waals surface area contributed by atoms with Crippen molar-refractivity contribution >= 4 is 60.8 Å². The first-order valence-electron chi connectivity index (χ1n) is 6.22. The SMILES string of the molecule is CC(C)(C)C(CCCl)NS(=O)(=O)c1c(Cl)cc(Br)cc1Cl. The van der Waals surface area contributed by atoms with Gasteiger partial charge >= 0.3 is 0 Å². The quantitative estimate of drug-likeness (QED) is 0.653. The van der Waals surface area contributed by atoms with Crippen LogP contribution in [0.2, 0.25) is 10.0 Å². The molecule has 0 fully saturated rings. The van der Waals surface area contributed by atoms with Crippen LogP contribution in [-0.2, 0) is 10.0 Å². The third-order valence-electron chi connectivity index (χ3n) is 2.97. The topological polar surface area (TPSA) is 46.2 Å². The van der Waals surface area contributed by atoms with Gasteiger partial charge in [-0.15, -0.1) is 11.6 Å². The van der Waals surface area contributed by atoms with E-state index in [2.05, 4.69) is 20.7 Å². The molecule has 0 aliphatic rings. The van der Waals surface area contributed by atoms with Crippen molar-refractivity contribution < 1.29 is 8.42 Å². The first-order valence-corrected chi connectivity index (χ1v) is 9.78. The summed E-state index contributed by atoms with van der Waals surface area (Å²) in [5.74, 6) is 0.353. The summed E-state index contributed by atoms with van der Waals surface area (Å²) in [6.07, 6.45) is 0.510.